The molecule has 0 radical (unpaired) electrons. The van der Waals surface area contributed by atoms with Crippen molar-refractivity contribution in [2.24, 2.45) is 11.8 Å². The summed E-state index contributed by atoms with van der Waals surface area (Å²) in [6.45, 7) is 4.00. The number of hydrogen-bond acceptors (Lipinski definition) is 3. The van der Waals surface area contributed by atoms with Crippen LogP contribution in [0.5, 0.6) is 5.75 Å². The van der Waals surface area contributed by atoms with Gasteiger partial charge in [0, 0.05) is 6.54 Å². The van der Waals surface area contributed by atoms with Gasteiger partial charge in [0.15, 0.2) is 17.4 Å². The minimum atomic E-state index is -1.70. The van der Waals surface area contributed by atoms with Crippen LogP contribution in [0.2, 0.25) is 0 Å². The average molecular weight is 302 g/mol. The molecule has 0 aliphatic carbocycles. The first kappa shape index (κ1) is 15.6. The molecule has 1 aliphatic rings. The number of piperidine rings is 1. The number of aromatic hydroxyl groups is 1. The monoisotopic (exact) mass is 302 g/mol. The lowest BCUT2D eigenvalue weighted by atomic mass is 9.88. The number of phenols is 1. The standard InChI is InChI=1S/C14H17F3N2O2/c1-7-2-3-18-5-8(7)6-19-14(21)9-4-10(15)12(17)13(20)11(9)16/h4,7-8,18,20H,2-3,5-6H2,1H3,(H,19,21). The second-order valence-electron chi connectivity index (χ2n) is 5.32. The highest BCUT2D eigenvalue weighted by Gasteiger charge is 2.25. The van der Waals surface area contributed by atoms with Crippen LogP contribution in [-0.2, 0) is 0 Å². The summed E-state index contributed by atoms with van der Waals surface area (Å²) in [5, 5.41) is 14.8. The number of amides is 1. The van der Waals surface area contributed by atoms with E-state index in [-0.39, 0.29) is 5.92 Å². The fourth-order valence-corrected chi connectivity index (χ4v) is 2.40. The zero-order valence-corrected chi connectivity index (χ0v) is 11.5. The van der Waals surface area contributed by atoms with Gasteiger partial charge in [-0.25, -0.2) is 8.78 Å². The number of halogens is 3. The molecular weight excluding hydrogens is 285 g/mol. The van der Waals surface area contributed by atoms with Gasteiger partial charge < -0.3 is 15.7 Å². The Bertz CT molecular complexity index is 552. The predicted octanol–water partition coefficient (Wildman–Crippen LogP) is 1.78. The molecule has 2 unspecified atom stereocenters. The Morgan fingerprint density at radius 3 is 2.81 bits per heavy atom. The Labute approximate surface area is 120 Å². The van der Waals surface area contributed by atoms with E-state index in [1.165, 1.54) is 0 Å². The number of carbonyl (C=O) groups excluding carboxylic acids is 1. The van der Waals surface area contributed by atoms with Crippen LogP contribution < -0.4 is 10.6 Å². The number of hydrogen-bond donors (Lipinski definition) is 3. The van der Waals surface area contributed by atoms with E-state index < -0.39 is 34.7 Å². The first-order chi connectivity index (χ1) is 9.91. The van der Waals surface area contributed by atoms with Crippen LogP contribution in [0.1, 0.15) is 23.7 Å². The molecule has 0 bridgehead atoms. The molecule has 4 nitrogen and oxygen atoms in total. The SMILES string of the molecule is CC1CCNCC1CNC(=O)c1cc(F)c(F)c(O)c1F. The van der Waals surface area contributed by atoms with E-state index in [4.69, 9.17) is 5.11 Å². The molecule has 0 spiro atoms. The van der Waals surface area contributed by atoms with E-state index in [0.717, 1.165) is 19.5 Å². The summed E-state index contributed by atoms with van der Waals surface area (Å²) in [6, 6.07) is 0.447. The average Bonchev–Trinajstić information content (AvgIpc) is 2.47. The number of nitrogens with one attached hydrogen (secondary N) is 2. The molecule has 1 amide bonds. The predicted molar refractivity (Wildman–Crippen MR) is 70.5 cm³/mol. The van der Waals surface area contributed by atoms with E-state index in [2.05, 4.69) is 17.6 Å². The van der Waals surface area contributed by atoms with E-state index in [1.807, 2.05) is 0 Å². The summed E-state index contributed by atoms with van der Waals surface area (Å²) in [5.41, 5.74) is -0.706. The summed E-state index contributed by atoms with van der Waals surface area (Å²) >= 11 is 0. The van der Waals surface area contributed by atoms with Crippen molar-refractivity contribution in [1.29, 1.82) is 0 Å². The first-order valence-electron chi connectivity index (χ1n) is 6.77. The lowest BCUT2D eigenvalue weighted by Gasteiger charge is -2.29. The normalized spacial score (nSPS) is 22.1. The van der Waals surface area contributed by atoms with Crippen LogP contribution in [0.15, 0.2) is 6.07 Å². The zero-order chi connectivity index (χ0) is 15.6. The van der Waals surface area contributed by atoms with E-state index in [1.54, 1.807) is 0 Å². The second kappa shape index (κ2) is 6.34. The maximum atomic E-state index is 13.6. The smallest absolute Gasteiger partial charge is 0.254 e. The maximum absolute atomic E-state index is 13.6. The Balaban J connectivity index is 2.07. The Morgan fingerprint density at radius 2 is 2.14 bits per heavy atom. The van der Waals surface area contributed by atoms with Crippen LogP contribution in [0.25, 0.3) is 0 Å². The fraction of sp³-hybridized carbons (Fsp3) is 0.500. The van der Waals surface area contributed by atoms with E-state index in [9.17, 15) is 18.0 Å². The van der Waals surface area contributed by atoms with Crippen LogP contribution in [0.4, 0.5) is 13.2 Å². The highest BCUT2D eigenvalue weighted by molar-refractivity contribution is 5.95. The van der Waals surface area contributed by atoms with Crippen molar-refractivity contribution in [2.75, 3.05) is 19.6 Å². The number of benzene rings is 1. The third kappa shape index (κ3) is 3.29. The van der Waals surface area contributed by atoms with Gasteiger partial charge in [0.05, 0.1) is 5.56 Å². The first-order valence-corrected chi connectivity index (χ1v) is 6.77. The van der Waals surface area contributed by atoms with Crippen molar-refractivity contribution < 1.29 is 23.1 Å². The summed E-state index contributed by atoms with van der Waals surface area (Å²) < 4.78 is 39.7. The molecule has 7 heteroatoms. The van der Waals surface area contributed by atoms with Gasteiger partial charge >= 0.3 is 0 Å². The summed E-state index contributed by atoms with van der Waals surface area (Å²) in [7, 11) is 0. The molecule has 0 saturated carbocycles. The van der Waals surface area contributed by atoms with Crippen molar-refractivity contribution in [2.45, 2.75) is 13.3 Å². The molecule has 2 rings (SSSR count). The quantitative estimate of drug-likeness (QED) is 0.746. The maximum Gasteiger partial charge on any atom is 0.254 e. The summed E-state index contributed by atoms with van der Waals surface area (Å²) in [5.74, 6) is -6.39. The molecule has 0 aromatic heterocycles. The minimum absolute atomic E-state index is 0.185. The van der Waals surface area contributed by atoms with Gasteiger partial charge in [-0.15, -0.1) is 0 Å². The summed E-state index contributed by atoms with van der Waals surface area (Å²) in [6.07, 6.45) is 0.973. The van der Waals surface area contributed by atoms with Gasteiger partial charge in [-0.2, -0.15) is 4.39 Å². The Hall–Kier alpha value is -1.76. The van der Waals surface area contributed by atoms with Gasteiger partial charge in [0.1, 0.15) is 0 Å². The zero-order valence-electron chi connectivity index (χ0n) is 11.5. The molecule has 1 saturated heterocycles. The Morgan fingerprint density at radius 1 is 1.43 bits per heavy atom. The van der Waals surface area contributed by atoms with Crippen LogP contribution >= 0.6 is 0 Å². The van der Waals surface area contributed by atoms with Gasteiger partial charge in [-0.05, 0) is 37.4 Å². The fourth-order valence-electron chi connectivity index (χ4n) is 2.40. The topological polar surface area (TPSA) is 61.4 Å². The lowest BCUT2D eigenvalue weighted by Crippen LogP contribution is -2.42. The molecule has 1 aromatic rings. The van der Waals surface area contributed by atoms with Crippen molar-refractivity contribution in [3.05, 3.63) is 29.1 Å². The number of carbonyl (C=O) groups is 1. The molecule has 2 atom stereocenters. The van der Waals surface area contributed by atoms with Gasteiger partial charge in [0.2, 0.25) is 5.82 Å². The molecular formula is C14H17F3N2O2. The van der Waals surface area contributed by atoms with Crippen LogP contribution in [0, 0.1) is 29.3 Å². The van der Waals surface area contributed by atoms with Gasteiger partial charge in [-0.3, -0.25) is 4.79 Å². The Kier molecular flexibility index (Phi) is 4.72. The summed E-state index contributed by atoms with van der Waals surface area (Å²) in [4.78, 5) is 11.9. The van der Waals surface area contributed by atoms with Crippen LogP contribution in [-0.4, -0.2) is 30.6 Å². The third-order valence-electron chi connectivity index (χ3n) is 3.89. The molecule has 1 aromatic carbocycles. The molecule has 21 heavy (non-hydrogen) atoms. The lowest BCUT2D eigenvalue weighted by molar-refractivity contribution is 0.0933. The molecule has 1 heterocycles. The molecule has 1 fully saturated rings. The number of rotatable bonds is 3. The minimum Gasteiger partial charge on any atom is -0.503 e. The van der Waals surface area contributed by atoms with Crippen molar-refractivity contribution in [3.8, 4) is 5.75 Å². The van der Waals surface area contributed by atoms with Gasteiger partial charge in [0.25, 0.3) is 5.91 Å². The van der Waals surface area contributed by atoms with E-state index >= 15 is 0 Å². The third-order valence-corrected chi connectivity index (χ3v) is 3.89. The van der Waals surface area contributed by atoms with Crippen molar-refractivity contribution >= 4 is 5.91 Å². The van der Waals surface area contributed by atoms with Crippen LogP contribution in [0.3, 0.4) is 0 Å². The molecule has 1 aliphatic heterocycles. The highest BCUT2D eigenvalue weighted by Crippen LogP contribution is 2.26. The molecule has 116 valence electrons. The highest BCUT2D eigenvalue weighted by atomic mass is 19.2. The van der Waals surface area contributed by atoms with Crippen molar-refractivity contribution in [3.63, 3.8) is 0 Å². The second-order valence-corrected chi connectivity index (χ2v) is 5.32. The largest absolute Gasteiger partial charge is 0.503 e. The van der Waals surface area contributed by atoms with Crippen molar-refractivity contribution in [1.82, 2.24) is 10.6 Å². The molecule has 3 N–H and O–H groups in total. The van der Waals surface area contributed by atoms with E-state index in [0.29, 0.717) is 18.5 Å². The number of phenolic OH excluding ortho intramolecular Hbond substituents is 1. The van der Waals surface area contributed by atoms with Gasteiger partial charge in [-0.1, -0.05) is 6.92 Å².